The van der Waals surface area contributed by atoms with E-state index in [9.17, 15) is 22.9 Å². The quantitative estimate of drug-likeness (QED) is 0.0417. The fraction of sp³-hybridized carbons (Fsp3) is 0.912. The number of carbonyl (C=O) groups is 1. The summed E-state index contributed by atoms with van der Waals surface area (Å²) in [5, 5.41) is 13.1. The summed E-state index contributed by atoms with van der Waals surface area (Å²) < 4.78 is 32.3. The Morgan fingerprint density at radius 1 is 0.634 bits per heavy atom. The van der Waals surface area contributed by atoms with E-state index < -0.39 is 28.0 Å². The maximum atomic E-state index is 12.4. The van der Waals surface area contributed by atoms with Crippen LogP contribution in [0.2, 0.25) is 0 Å². The lowest BCUT2D eigenvalue weighted by Crippen LogP contribution is -2.46. The van der Waals surface area contributed by atoms with Gasteiger partial charge in [0, 0.05) is 6.42 Å². The van der Waals surface area contributed by atoms with Gasteiger partial charge in [0.1, 0.15) is 0 Å². The fourth-order valence-electron chi connectivity index (χ4n) is 5.33. The second-order valence-electron chi connectivity index (χ2n) is 12.2. The number of rotatable bonds is 31. The van der Waals surface area contributed by atoms with Crippen LogP contribution in [0.3, 0.4) is 0 Å². The van der Waals surface area contributed by atoms with Crippen LogP contribution in [-0.4, -0.2) is 41.9 Å². The van der Waals surface area contributed by atoms with E-state index in [1.54, 1.807) is 6.08 Å². The molecule has 0 aliphatic carbocycles. The highest BCUT2D eigenvalue weighted by atomic mass is 32.2. The standard InChI is InChI=1S/C34H67NO5S/c1-3-5-7-9-11-13-15-16-17-18-20-21-23-25-27-29-33(36)32(31-41(38,39)40)35-34(37)30-28-26-24-22-19-14-12-10-8-6-4-2/h27,29,32-33,36H,3-26,28,30-31H2,1-2H3,(H,35,37)(H,38,39,40)/b29-27+. The van der Waals surface area contributed by atoms with Gasteiger partial charge in [-0.05, 0) is 19.3 Å². The molecule has 0 aliphatic heterocycles. The number of aliphatic hydroxyl groups is 1. The summed E-state index contributed by atoms with van der Waals surface area (Å²) >= 11 is 0. The summed E-state index contributed by atoms with van der Waals surface area (Å²) in [6, 6.07) is -1.05. The van der Waals surface area contributed by atoms with Gasteiger partial charge in [0.05, 0.1) is 17.9 Å². The first-order valence-electron chi connectivity index (χ1n) is 17.4. The van der Waals surface area contributed by atoms with Crippen LogP contribution >= 0.6 is 0 Å². The Morgan fingerprint density at radius 3 is 1.39 bits per heavy atom. The summed E-state index contributed by atoms with van der Waals surface area (Å²) in [5.41, 5.74) is 0. The largest absolute Gasteiger partial charge is 0.387 e. The highest BCUT2D eigenvalue weighted by molar-refractivity contribution is 7.85. The van der Waals surface area contributed by atoms with Gasteiger partial charge >= 0.3 is 0 Å². The Kier molecular flexibility index (Phi) is 28.5. The van der Waals surface area contributed by atoms with Crippen LogP contribution < -0.4 is 5.32 Å². The van der Waals surface area contributed by atoms with Crippen molar-refractivity contribution in [1.82, 2.24) is 5.32 Å². The molecule has 0 bridgehead atoms. The molecule has 0 aromatic rings. The zero-order chi connectivity index (χ0) is 30.4. The van der Waals surface area contributed by atoms with Crippen molar-refractivity contribution in [3.63, 3.8) is 0 Å². The average molecular weight is 602 g/mol. The van der Waals surface area contributed by atoms with E-state index in [0.717, 1.165) is 38.5 Å². The molecule has 0 saturated heterocycles. The van der Waals surface area contributed by atoms with Gasteiger partial charge < -0.3 is 10.4 Å². The van der Waals surface area contributed by atoms with E-state index in [1.165, 1.54) is 122 Å². The molecule has 41 heavy (non-hydrogen) atoms. The molecule has 0 heterocycles. The first-order chi connectivity index (χ1) is 19.8. The smallest absolute Gasteiger partial charge is 0.267 e. The summed E-state index contributed by atoms with van der Waals surface area (Å²) in [6.45, 7) is 4.49. The van der Waals surface area contributed by atoms with Crippen LogP contribution in [0.1, 0.15) is 181 Å². The van der Waals surface area contributed by atoms with Crippen molar-refractivity contribution < 1.29 is 22.9 Å². The number of amides is 1. The number of nitrogens with one attached hydrogen (secondary N) is 1. The Hall–Kier alpha value is -0.920. The zero-order valence-corrected chi connectivity index (χ0v) is 27.7. The van der Waals surface area contributed by atoms with Crippen LogP contribution in [-0.2, 0) is 14.9 Å². The monoisotopic (exact) mass is 601 g/mol. The SMILES string of the molecule is CCCCCCCCCCCCCCC/C=C/C(O)C(CS(=O)(=O)O)NC(=O)CCCCCCCCCCCCC. The number of carbonyl (C=O) groups excluding carboxylic acids is 1. The van der Waals surface area contributed by atoms with Crippen molar-refractivity contribution in [2.45, 2.75) is 193 Å². The van der Waals surface area contributed by atoms with Gasteiger partial charge in [-0.3, -0.25) is 9.35 Å². The summed E-state index contributed by atoms with van der Waals surface area (Å²) in [4.78, 5) is 12.4. The van der Waals surface area contributed by atoms with Gasteiger partial charge in [-0.2, -0.15) is 8.42 Å². The van der Waals surface area contributed by atoms with Crippen LogP contribution in [0.4, 0.5) is 0 Å². The molecule has 244 valence electrons. The topological polar surface area (TPSA) is 104 Å². The predicted molar refractivity (Wildman–Crippen MR) is 175 cm³/mol. The van der Waals surface area contributed by atoms with Crippen molar-refractivity contribution in [3.8, 4) is 0 Å². The Bertz CT molecular complexity index is 710. The first kappa shape index (κ1) is 40.1. The minimum Gasteiger partial charge on any atom is -0.387 e. The number of allylic oxidation sites excluding steroid dienone is 1. The van der Waals surface area contributed by atoms with E-state index in [1.807, 2.05) is 6.08 Å². The molecule has 0 saturated carbocycles. The van der Waals surface area contributed by atoms with E-state index in [-0.39, 0.29) is 5.91 Å². The second-order valence-corrected chi connectivity index (χ2v) is 13.7. The van der Waals surface area contributed by atoms with Crippen molar-refractivity contribution in [2.75, 3.05) is 5.75 Å². The van der Waals surface area contributed by atoms with Gasteiger partial charge in [-0.25, -0.2) is 0 Å². The molecule has 3 N–H and O–H groups in total. The third kappa shape index (κ3) is 30.3. The van der Waals surface area contributed by atoms with Crippen LogP contribution in [0.5, 0.6) is 0 Å². The van der Waals surface area contributed by atoms with Crippen molar-refractivity contribution >= 4 is 16.0 Å². The molecule has 0 aromatic carbocycles. The molecule has 7 heteroatoms. The molecule has 1 amide bonds. The molecule has 2 atom stereocenters. The predicted octanol–water partition coefficient (Wildman–Crippen LogP) is 9.46. The van der Waals surface area contributed by atoms with Gasteiger partial charge in [-0.1, -0.05) is 167 Å². The number of aliphatic hydroxyl groups excluding tert-OH is 1. The lowest BCUT2D eigenvalue weighted by atomic mass is 10.0. The lowest BCUT2D eigenvalue weighted by molar-refractivity contribution is -0.122. The first-order valence-corrected chi connectivity index (χ1v) is 19.0. The molecular weight excluding hydrogens is 534 g/mol. The summed E-state index contributed by atoms with van der Waals surface area (Å²) in [5.74, 6) is -0.972. The third-order valence-corrected chi connectivity index (χ3v) is 8.74. The van der Waals surface area contributed by atoms with E-state index >= 15 is 0 Å². The van der Waals surface area contributed by atoms with Gasteiger partial charge in [0.2, 0.25) is 5.91 Å². The highest BCUT2D eigenvalue weighted by Crippen LogP contribution is 2.14. The van der Waals surface area contributed by atoms with Crippen molar-refractivity contribution in [2.24, 2.45) is 0 Å². The molecule has 0 spiro atoms. The molecule has 0 rings (SSSR count). The maximum absolute atomic E-state index is 12.4. The van der Waals surface area contributed by atoms with E-state index in [2.05, 4.69) is 19.2 Å². The molecule has 0 aromatic heterocycles. The fourth-order valence-corrected chi connectivity index (χ4v) is 6.07. The molecule has 0 radical (unpaired) electrons. The number of hydrogen-bond donors (Lipinski definition) is 3. The van der Waals surface area contributed by atoms with Gasteiger partial charge in [0.25, 0.3) is 10.1 Å². The van der Waals surface area contributed by atoms with Crippen LogP contribution in [0.25, 0.3) is 0 Å². The van der Waals surface area contributed by atoms with Crippen LogP contribution in [0.15, 0.2) is 12.2 Å². The van der Waals surface area contributed by atoms with Gasteiger partial charge in [0.15, 0.2) is 0 Å². The molecule has 6 nitrogen and oxygen atoms in total. The summed E-state index contributed by atoms with van der Waals surface area (Å²) in [6.07, 6.45) is 33.3. The highest BCUT2D eigenvalue weighted by Gasteiger charge is 2.24. The van der Waals surface area contributed by atoms with E-state index in [4.69, 9.17) is 0 Å². The number of hydrogen-bond acceptors (Lipinski definition) is 4. The Morgan fingerprint density at radius 2 is 1.00 bits per heavy atom. The van der Waals surface area contributed by atoms with E-state index in [0.29, 0.717) is 6.42 Å². The van der Waals surface area contributed by atoms with Crippen LogP contribution in [0, 0.1) is 0 Å². The maximum Gasteiger partial charge on any atom is 0.267 e. The molecule has 0 aliphatic rings. The van der Waals surface area contributed by atoms with Crippen molar-refractivity contribution in [1.29, 1.82) is 0 Å². The third-order valence-electron chi connectivity index (χ3n) is 7.96. The van der Waals surface area contributed by atoms with Gasteiger partial charge in [-0.15, -0.1) is 0 Å². The molecule has 0 fully saturated rings. The molecular formula is C34H67NO5S. The number of unbranched alkanes of at least 4 members (excludes halogenated alkanes) is 23. The molecule has 2 unspecified atom stereocenters. The Balaban J connectivity index is 4.00. The lowest BCUT2D eigenvalue weighted by Gasteiger charge is -2.21. The zero-order valence-electron chi connectivity index (χ0n) is 26.9. The summed E-state index contributed by atoms with van der Waals surface area (Å²) in [7, 11) is -4.33. The normalized spacial score (nSPS) is 13.6. The minimum absolute atomic E-state index is 0.279. The Labute approximate surface area is 254 Å². The van der Waals surface area contributed by atoms with Crippen molar-refractivity contribution in [3.05, 3.63) is 12.2 Å². The average Bonchev–Trinajstić information content (AvgIpc) is 2.92. The second kappa shape index (κ2) is 29.2. The minimum atomic E-state index is -4.33.